The highest BCUT2D eigenvalue weighted by atomic mass is 35.5. The summed E-state index contributed by atoms with van der Waals surface area (Å²) in [6.07, 6.45) is -1.32. The van der Waals surface area contributed by atoms with Gasteiger partial charge in [0.1, 0.15) is 23.6 Å². The number of benzene rings is 2. The summed E-state index contributed by atoms with van der Waals surface area (Å²) < 4.78 is 39.5. The fourth-order valence-electron chi connectivity index (χ4n) is 1.80. The lowest BCUT2D eigenvalue weighted by Crippen LogP contribution is -2.03. The van der Waals surface area contributed by atoms with Crippen LogP contribution in [-0.4, -0.2) is 5.11 Å². The van der Waals surface area contributed by atoms with Gasteiger partial charge in [0.15, 0.2) is 0 Å². The maximum atomic E-state index is 13.3. The van der Waals surface area contributed by atoms with E-state index in [9.17, 15) is 18.3 Å². The number of aliphatic hydroxyl groups is 1. The first-order chi connectivity index (χ1) is 8.88. The lowest BCUT2D eigenvalue weighted by Gasteiger charge is -2.14. The van der Waals surface area contributed by atoms with E-state index in [0.717, 1.165) is 18.2 Å². The highest BCUT2D eigenvalue weighted by Gasteiger charge is 2.17. The predicted octanol–water partition coefficient (Wildman–Crippen LogP) is 4.15. The average Bonchev–Trinajstić information content (AvgIpc) is 2.31. The summed E-state index contributed by atoms with van der Waals surface area (Å²) in [5.41, 5.74) is 0.506. The van der Waals surface area contributed by atoms with Crippen LogP contribution in [0.4, 0.5) is 13.2 Å². The number of hydrogen-bond acceptors (Lipinski definition) is 1. The van der Waals surface area contributed by atoms with Crippen molar-refractivity contribution in [3.63, 3.8) is 0 Å². The van der Waals surface area contributed by atoms with Gasteiger partial charge in [0, 0.05) is 16.7 Å². The van der Waals surface area contributed by atoms with Gasteiger partial charge in [0.25, 0.3) is 0 Å². The minimum Gasteiger partial charge on any atom is -0.384 e. The molecule has 0 fully saturated rings. The van der Waals surface area contributed by atoms with E-state index in [2.05, 4.69) is 0 Å². The molecule has 0 heterocycles. The Hall–Kier alpha value is -1.52. The first-order valence-electron chi connectivity index (χ1n) is 5.48. The van der Waals surface area contributed by atoms with Crippen molar-refractivity contribution in [1.29, 1.82) is 0 Å². The minimum absolute atomic E-state index is 0.000249. The molecular weight excluding hydrogens is 277 g/mol. The van der Waals surface area contributed by atoms with E-state index in [1.54, 1.807) is 0 Å². The third kappa shape index (κ3) is 2.91. The molecule has 0 amide bonds. The van der Waals surface area contributed by atoms with Crippen molar-refractivity contribution in [3.8, 4) is 0 Å². The van der Waals surface area contributed by atoms with E-state index >= 15 is 0 Å². The molecule has 1 nitrogen and oxygen atoms in total. The Morgan fingerprint density at radius 2 is 1.58 bits per heavy atom. The van der Waals surface area contributed by atoms with Crippen molar-refractivity contribution in [2.24, 2.45) is 0 Å². The number of hydrogen-bond donors (Lipinski definition) is 1. The number of rotatable bonds is 2. The van der Waals surface area contributed by atoms with Gasteiger partial charge in [-0.15, -0.1) is 0 Å². The first-order valence-corrected chi connectivity index (χ1v) is 5.86. The van der Waals surface area contributed by atoms with E-state index in [1.165, 1.54) is 13.0 Å². The molecule has 0 saturated carbocycles. The number of aryl methyl sites for hydroxylation is 1. The zero-order chi connectivity index (χ0) is 14.2. The second kappa shape index (κ2) is 5.23. The topological polar surface area (TPSA) is 20.2 Å². The summed E-state index contributed by atoms with van der Waals surface area (Å²) in [5, 5.41) is 10.1. The smallest absolute Gasteiger partial charge is 0.127 e. The molecule has 0 radical (unpaired) electrons. The standard InChI is InChI=1S/C14H10ClF3O/c1-7-2-11(12(15)6-13(7)18)14(19)8-3-9(16)5-10(17)4-8/h2-6,14,19H,1H3. The van der Waals surface area contributed by atoms with E-state index in [4.69, 9.17) is 11.6 Å². The fourth-order valence-corrected chi connectivity index (χ4v) is 2.06. The van der Waals surface area contributed by atoms with Gasteiger partial charge in [0.2, 0.25) is 0 Å². The fraction of sp³-hybridized carbons (Fsp3) is 0.143. The molecule has 2 aromatic carbocycles. The average molecular weight is 287 g/mol. The molecule has 1 atom stereocenters. The minimum atomic E-state index is -1.32. The largest absolute Gasteiger partial charge is 0.384 e. The molecule has 0 saturated heterocycles. The van der Waals surface area contributed by atoms with Crippen LogP contribution in [0.25, 0.3) is 0 Å². The van der Waals surface area contributed by atoms with Crippen LogP contribution in [0, 0.1) is 24.4 Å². The van der Waals surface area contributed by atoms with Gasteiger partial charge < -0.3 is 5.11 Å². The molecule has 1 unspecified atom stereocenters. The quantitative estimate of drug-likeness (QED) is 0.879. The van der Waals surface area contributed by atoms with Crippen LogP contribution < -0.4 is 0 Å². The SMILES string of the molecule is Cc1cc(C(O)c2cc(F)cc(F)c2)c(Cl)cc1F. The van der Waals surface area contributed by atoms with Crippen LogP contribution in [0.5, 0.6) is 0 Å². The van der Waals surface area contributed by atoms with Crippen LogP contribution >= 0.6 is 11.6 Å². The normalized spacial score (nSPS) is 12.5. The highest BCUT2D eigenvalue weighted by molar-refractivity contribution is 6.31. The van der Waals surface area contributed by atoms with Crippen LogP contribution in [0.2, 0.25) is 5.02 Å². The Bertz CT molecular complexity index is 608. The molecule has 0 spiro atoms. The van der Waals surface area contributed by atoms with Crippen molar-refractivity contribution in [2.75, 3.05) is 0 Å². The van der Waals surface area contributed by atoms with Crippen LogP contribution in [0.3, 0.4) is 0 Å². The maximum absolute atomic E-state index is 13.3. The van der Waals surface area contributed by atoms with E-state index < -0.39 is 23.6 Å². The van der Waals surface area contributed by atoms with Gasteiger partial charge in [0.05, 0.1) is 0 Å². The Balaban J connectivity index is 2.49. The molecule has 2 aromatic rings. The highest BCUT2D eigenvalue weighted by Crippen LogP contribution is 2.31. The lowest BCUT2D eigenvalue weighted by molar-refractivity contribution is 0.219. The van der Waals surface area contributed by atoms with E-state index in [1.807, 2.05) is 0 Å². The molecule has 1 N–H and O–H groups in total. The molecule has 0 aliphatic carbocycles. The molecule has 0 aliphatic rings. The molecular formula is C14H10ClF3O. The van der Waals surface area contributed by atoms with Crippen molar-refractivity contribution < 1.29 is 18.3 Å². The predicted molar refractivity (Wildman–Crippen MR) is 66.6 cm³/mol. The molecule has 100 valence electrons. The van der Waals surface area contributed by atoms with Crippen molar-refractivity contribution in [2.45, 2.75) is 13.0 Å². The zero-order valence-corrected chi connectivity index (χ0v) is 10.7. The van der Waals surface area contributed by atoms with Crippen molar-refractivity contribution >= 4 is 11.6 Å². The van der Waals surface area contributed by atoms with E-state index in [0.29, 0.717) is 6.07 Å². The first kappa shape index (κ1) is 13.9. The molecule has 0 aromatic heterocycles. The molecule has 0 bridgehead atoms. The van der Waals surface area contributed by atoms with Crippen LogP contribution in [0.15, 0.2) is 30.3 Å². The molecule has 2 rings (SSSR count). The Morgan fingerprint density at radius 3 is 2.16 bits per heavy atom. The summed E-state index contributed by atoms with van der Waals surface area (Å²) >= 11 is 5.84. The Labute approximate surface area is 113 Å². The number of aliphatic hydroxyl groups excluding tert-OH is 1. The molecule has 0 aliphatic heterocycles. The van der Waals surface area contributed by atoms with Gasteiger partial charge in [-0.05, 0) is 42.3 Å². The Morgan fingerprint density at radius 1 is 1.00 bits per heavy atom. The summed E-state index contributed by atoms with van der Waals surface area (Å²) in [7, 11) is 0. The zero-order valence-electron chi connectivity index (χ0n) is 9.92. The maximum Gasteiger partial charge on any atom is 0.127 e. The monoisotopic (exact) mass is 286 g/mol. The number of halogens is 4. The third-order valence-corrected chi connectivity index (χ3v) is 3.10. The van der Waals surface area contributed by atoms with Crippen molar-refractivity contribution in [3.05, 3.63) is 69.5 Å². The van der Waals surface area contributed by atoms with Gasteiger partial charge in [-0.3, -0.25) is 0 Å². The van der Waals surface area contributed by atoms with Gasteiger partial charge in [-0.25, -0.2) is 13.2 Å². The molecule has 19 heavy (non-hydrogen) atoms. The second-order valence-corrected chi connectivity index (χ2v) is 4.64. The van der Waals surface area contributed by atoms with E-state index in [-0.39, 0.29) is 21.7 Å². The van der Waals surface area contributed by atoms with Gasteiger partial charge >= 0.3 is 0 Å². The third-order valence-electron chi connectivity index (χ3n) is 2.77. The summed E-state index contributed by atoms with van der Waals surface area (Å²) in [5.74, 6) is -2.11. The van der Waals surface area contributed by atoms with Crippen LogP contribution in [0.1, 0.15) is 22.8 Å². The van der Waals surface area contributed by atoms with Gasteiger partial charge in [-0.2, -0.15) is 0 Å². The van der Waals surface area contributed by atoms with Gasteiger partial charge in [-0.1, -0.05) is 11.6 Å². The molecule has 5 heteroatoms. The Kier molecular flexibility index (Phi) is 3.83. The summed E-state index contributed by atoms with van der Waals surface area (Å²) in [6, 6.07) is 5.12. The lowest BCUT2D eigenvalue weighted by atomic mass is 9.99. The van der Waals surface area contributed by atoms with Crippen LogP contribution in [-0.2, 0) is 0 Å². The summed E-state index contributed by atoms with van der Waals surface area (Å²) in [6.45, 7) is 1.51. The second-order valence-electron chi connectivity index (χ2n) is 4.23. The summed E-state index contributed by atoms with van der Waals surface area (Å²) in [4.78, 5) is 0. The van der Waals surface area contributed by atoms with Crippen molar-refractivity contribution in [1.82, 2.24) is 0 Å².